The highest BCUT2D eigenvalue weighted by Crippen LogP contribution is 2.20. The molecule has 0 atom stereocenters. The molecule has 2 N–H and O–H groups in total. The molecule has 106 valence electrons. The van der Waals surface area contributed by atoms with Gasteiger partial charge < -0.3 is 15.2 Å². The first kappa shape index (κ1) is 14.5. The molecular weight excluding hydrogens is 262 g/mol. The minimum Gasteiger partial charge on any atom is -0.394 e. The van der Waals surface area contributed by atoms with Crippen molar-refractivity contribution >= 4 is 16.3 Å². The Morgan fingerprint density at radius 2 is 2.26 bits per heavy atom. The van der Waals surface area contributed by atoms with Crippen molar-refractivity contribution in [2.24, 2.45) is 0 Å². The zero-order valence-corrected chi connectivity index (χ0v) is 12.3. The number of aliphatic hydroxyl groups excluding tert-OH is 1. The molecular formula is C13H21N3O2S. The standard InChI is InChI=1S/C13H21N3O2S/c1-10-9-16-12(11(2)15-13(16)19-10)8-14-4-3-6-18-7-5-17/h9,14,17H,3-8H2,1-2H3. The number of thiazole rings is 1. The van der Waals surface area contributed by atoms with Gasteiger partial charge in [0, 0.05) is 24.2 Å². The van der Waals surface area contributed by atoms with Gasteiger partial charge in [-0.25, -0.2) is 4.98 Å². The number of ether oxygens (including phenoxy) is 1. The summed E-state index contributed by atoms with van der Waals surface area (Å²) in [6.07, 6.45) is 3.09. The van der Waals surface area contributed by atoms with E-state index in [0.29, 0.717) is 13.2 Å². The average molecular weight is 283 g/mol. The Morgan fingerprint density at radius 1 is 1.42 bits per heavy atom. The number of nitrogens with one attached hydrogen (secondary N) is 1. The Balaban J connectivity index is 1.79. The molecule has 2 aromatic rings. The van der Waals surface area contributed by atoms with E-state index in [1.807, 2.05) is 0 Å². The quantitative estimate of drug-likeness (QED) is 0.721. The summed E-state index contributed by atoms with van der Waals surface area (Å²) in [6.45, 7) is 7.09. The molecule has 0 bridgehead atoms. The van der Waals surface area contributed by atoms with Gasteiger partial charge in [-0.05, 0) is 26.8 Å². The normalized spacial score (nSPS) is 11.5. The van der Waals surface area contributed by atoms with Crippen molar-refractivity contribution in [3.05, 3.63) is 22.5 Å². The van der Waals surface area contributed by atoms with Gasteiger partial charge in [0.2, 0.25) is 0 Å². The molecule has 0 aliphatic rings. The van der Waals surface area contributed by atoms with Crippen LogP contribution in [0.2, 0.25) is 0 Å². The van der Waals surface area contributed by atoms with Crippen molar-refractivity contribution in [1.29, 1.82) is 0 Å². The molecule has 6 heteroatoms. The molecule has 5 nitrogen and oxygen atoms in total. The molecule has 0 aliphatic carbocycles. The molecule has 2 aromatic heterocycles. The van der Waals surface area contributed by atoms with Crippen LogP contribution in [-0.4, -0.2) is 40.9 Å². The van der Waals surface area contributed by atoms with Gasteiger partial charge in [0.25, 0.3) is 0 Å². The Bertz CT molecular complexity index is 521. The van der Waals surface area contributed by atoms with E-state index in [1.165, 1.54) is 10.6 Å². The topological polar surface area (TPSA) is 58.8 Å². The fourth-order valence-corrected chi connectivity index (χ4v) is 2.88. The van der Waals surface area contributed by atoms with Gasteiger partial charge in [-0.1, -0.05) is 0 Å². The lowest BCUT2D eigenvalue weighted by molar-refractivity contribution is 0.0907. The van der Waals surface area contributed by atoms with Gasteiger partial charge >= 0.3 is 0 Å². The molecule has 0 fully saturated rings. The summed E-state index contributed by atoms with van der Waals surface area (Å²) in [5.74, 6) is 0. The highest BCUT2D eigenvalue weighted by molar-refractivity contribution is 7.17. The summed E-state index contributed by atoms with van der Waals surface area (Å²) in [5, 5.41) is 12.0. The first-order chi connectivity index (χ1) is 9.22. The second kappa shape index (κ2) is 7.00. The van der Waals surface area contributed by atoms with Crippen molar-refractivity contribution < 1.29 is 9.84 Å². The number of fused-ring (bicyclic) bond motifs is 1. The number of nitrogens with zero attached hydrogens (tertiary/aromatic N) is 2. The Kier molecular flexibility index (Phi) is 5.33. The van der Waals surface area contributed by atoms with E-state index >= 15 is 0 Å². The molecule has 0 aromatic carbocycles. The van der Waals surface area contributed by atoms with Gasteiger partial charge in [0.1, 0.15) is 0 Å². The van der Waals surface area contributed by atoms with E-state index < -0.39 is 0 Å². The van der Waals surface area contributed by atoms with Gasteiger partial charge in [0.15, 0.2) is 4.96 Å². The Morgan fingerprint density at radius 3 is 3.05 bits per heavy atom. The molecule has 2 heterocycles. The zero-order valence-electron chi connectivity index (χ0n) is 11.5. The summed E-state index contributed by atoms with van der Waals surface area (Å²) < 4.78 is 7.38. The summed E-state index contributed by atoms with van der Waals surface area (Å²) in [6, 6.07) is 0. The summed E-state index contributed by atoms with van der Waals surface area (Å²) >= 11 is 1.72. The van der Waals surface area contributed by atoms with E-state index in [0.717, 1.165) is 30.2 Å². The van der Waals surface area contributed by atoms with Crippen LogP contribution in [0.1, 0.15) is 22.7 Å². The highest BCUT2D eigenvalue weighted by Gasteiger charge is 2.10. The molecule has 0 amide bonds. The van der Waals surface area contributed by atoms with Gasteiger partial charge in [-0.15, -0.1) is 11.3 Å². The molecule has 0 aliphatic heterocycles. The number of hydrogen-bond acceptors (Lipinski definition) is 5. The minimum atomic E-state index is 0.0952. The first-order valence-corrected chi connectivity index (χ1v) is 7.37. The lowest BCUT2D eigenvalue weighted by atomic mass is 10.3. The van der Waals surface area contributed by atoms with Crippen molar-refractivity contribution in [2.45, 2.75) is 26.8 Å². The van der Waals surface area contributed by atoms with E-state index in [2.05, 4.69) is 34.7 Å². The monoisotopic (exact) mass is 283 g/mol. The third kappa shape index (κ3) is 3.76. The first-order valence-electron chi connectivity index (χ1n) is 6.55. The van der Waals surface area contributed by atoms with Crippen molar-refractivity contribution in [2.75, 3.05) is 26.4 Å². The molecule has 0 radical (unpaired) electrons. The van der Waals surface area contributed by atoms with Gasteiger partial charge in [-0.3, -0.25) is 4.40 Å². The predicted molar refractivity (Wildman–Crippen MR) is 76.8 cm³/mol. The van der Waals surface area contributed by atoms with Crippen molar-refractivity contribution in [3.8, 4) is 0 Å². The van der Waals surface area contributed by atoms with E-state index in [9.17, 15) is 0 Å². The second-order valence-corrected chi connectivity index (χ2v) is 5.72. The number of imidazole rings is 1. The van der Waals surface area contributed by atoms with Gasteiger partial charge in [-0.2, -0.15) is 0 Å². The summed E-state index contributed by atoms with van der Waals surface area (Å²) in [5.41, 5.74) is 2.32. The number of aromatic nitrogens is 2. The molecule has 19 heavy (non-hydrogen) atoms. The van der Waals surface area contributed by atoms with Crippen LogP contribution in [0, 0.1) is 13.8 Å². The predicted octanol–water partition coefficient (Wildman–Crippen LogP) is 1.50. The lowest BCUT2D eigenvalue weighted by Gasteiger charge is -2.05. The largest absolute Gasteiger partial charge is 0.394 e. The minimum absolute atomic E-state index is 0.0952. The SMILES string of the molecule is Cc1cn2c(CNCCCOCCO)c(C)nc2s1. The average Bonchev–Trinajstić information content (AvgIpc) is 2.85. The Hall–Kier alpha value is -0.950. The van der Waals surface area contributed by atoms with Crippen LogP contribution < -0.4 is 5.32 Å². The fraction of sp³-hybridized carbons (Fsp3) is 0.615. The molecule has 0 unspecified atom stereocenters. The maximum atomic E-state index is 8.58. The zero-order chi connectivity index (χ0) is 13.7. The van der Waals surface area contributed by atoms with Crippen LogP contribution in [0.15, 0.2) is 6.20 Å². The molecule has 0 saturated heterocycles. The lowest BCUT2D eigenvalue weighted by Crippen LogP contribution is -2.18. The van der Waals surface area contributed by atoms with Gasteiger partial charge in [0.05, 0.1) is 24.6 Å². The van der Waals surface area contributed by atoms with Crippen molar-refractivity contribution in [1.82, 2.24) is 14.7 Å². The number of aryl methyl sites for hydroxylation is 2. The second-order valence-electron chi connectivity index (χ2n) is 4.50. The maximum absolute atomic E-state index is 8.58. The third-order valence-corrected chi connectivity index (χ3v) is 3.81. The van der Waals surface area contributed by atoms with E-state index in [-0.39, 0.29) is 6.61 Å². The van der Waals surface area contributed by atoms with E-state index in [4.69, 9.17) is 9.84 Å². The van der Waals surface area contributed by atoms with Crippen LogP contribution in [0.25, 0.3) is 4.96 Å². The summed E-state index contributed by atoms with van der Waals surface area (Å²) in [4.78, 5) is 6.91. The third-order valence-electron chi connectivity index (χ3n) is 2.91. The number of rotatable bonds is 8. The maximum Gasteiger partial charge on any atom is 0.194 e. The van der Waals surface area contributed by atoms with Crippen LogP contribution in [0.4, 0.5) is 0 Å². The number of aliphatic hydroxyl groups is 1. The summed E-state index contributed by atoms with van der Waals surface area (Å²) in [7, 11) is 0. The van der Waals surface area contributed by atoms with E-state index in [1.54, 1.807) is 11.3 Å². The van der Waals surface area contributed by atoms with Crippen LogP contribution in [0.5, 0.6) is 0 Å². The Labute approximate surface area is 117 Å². The number of hydrogen-bond donors (Lipinski definition) is 2. The smallest absolute Gasteiger partial charge is 0.194 e. The molecule has 2 rings (SSSR count). The highest BCUT2D eigenvalue weighted by atomic mass is 32.1. The van der Waals surface area contributed by atoms with Crippen LogP contribution in [-0.2, 0) is 11.3 Å². The van der Waals surface area contributed by atoms with Crippen molar-refractivity contribution in [3.63, 3.8) is 0 Å². The van der Waals surface area contributed by atoms with Crippen LogP contribution in [0.3, 0.4) is 0 Å². The molecule has 0 spiro atoms. The fourth-order valence-electron chi connectivity index (χ4n) is 1.99. The van der Waals surface area contributed by atoms with Crippen LogP contribution >= 0.6 is 11.3 Å². The molecule has 0 saturated carbocycles.